The molecule has 3 aromatic carbocycles. The van der Waals surface area contributed by atoms with E-state index in [1.54, 1.807) is 30.3 Å². The highest BCUT2D eigenvalue weighted by Gasteiger charge is 2.09. The van der Waals surface area contributed by atoms with Crippen LogP contribution in [-0.4, -0.2) is 18.5 Å². The number of hydrogen-bond donors (Lipinski definition) is 1. The van der Waals surface area contributed by atoms with Crippen molar-refractivity contribution < 1.29 is 14.3 Å². The van der Waals surface area contributed by atoms with Gasteiger partial charge in [-0.25, -0.2) is 4.79 Å². The summed E-state index contributed by atoms with van der Waals surface area (Å²) in [5.74, 6) is -0.528. The standard InChI is InChI=1S/C22H21NO3/c1-2-3-14-26-22(25)17-10-12-20(13-11-17)23-21(24)19-9-8-16-6-4-5-7-18(16)15-19/h4-13,15H,2-3,14H2,1H3,(H,23,24). The summed E-state index contributed by atoms with van der Waals surface area (Å²) < 4.78 is 5.17. The van der Waals surface area contributed by atoms with Gasteiger partial charge < -0.3 is 10.1 Å². The number of unbranched alkanes of at least 4 members (excludes halogenated alkanes) is 1. The molecule has 0 saturated heterocycles. The third kappa shape index (κ3) is 4.28. The summed E-state index contributed by atoms with van der Waals surface area (Å²) >= 11 is 0. The predicted octanol–water partition coefficient (Wildman–Crippen LogP) is 5.05. The molecule has 0 aliphatic heterocycles. The number of nitrogens with one attached hydrogen (secondary N) is 1. The van der Waals surface area contributed by atoms with Crippen molar-refractivity contribution in [2.24, 2.45) is 0 Å². The summed E-state index contributed by atoms with van der Waals surface area (Å²) in [6.07, 6.45) is 1.83. The van der Waals surface area contributed by atoms with Gasteiger partial charge in [-0.3, -0.25) is 4.79 Å². The van der Waals surface area contributed by atoms with E-state index in [0.717, 1.165) is 23.6 Å². The number of hydrogen-bond acceptors (Lipinski definition) is 3. The van der Waals surface area contributed by atoms with Gasteiger partial charge in [0.1, 0.15) is 0 Å². The first-order valence-corrected chi connectivity index (χ1v) is 8.74. The number of rotatable bonds is 6. The molecule has 0 aliphatic carbocycles. The molecule has 1 amide bonds. The van der Waals surface area contributed by atoms with Crippen LogP contribution in [0, 0.1) is 0 Å². The van der Waals surface area contributed by atoms with Gasteiger partial charge in [-0.1, -0.05) is 43.7 Å². The second-order valence-corrected chi connectivity index (χ2v) is 6.08. The molecule has 4 nitrogen and oxygen atoms in total. The van der Waals surface area contributed by atoms with Gasteiger partial charge in [-0.2, -0.15) is 0 Å². The van der Waals surface area contributed by atoms with Crippen LogP contribution in [0.4, 0.5) is 5.69 Å². The lowest BCUT2D eigenvalue weighted by molar-refractivity contribution is 0.0499. The molecule has 0 aromatic heterocycles. The first-order chi connectivity index (χ1) is 12.7. The van der Waals surface area contributed by atoms with E-state index in [4.69, 9.17) is 4.74 Å². The minimum Gasteiger partial charge on any atom is -0.462 e. The van der Waals surface area contributed by atoms with Gasteiger partial charge in [0, 0.05) is 11.3 Å². The van der Waals surface area contributed by atoms with Crippen LogP contribution >= 0.6 is 0 Å². The Morgan fingerprint density at radius 1 is 0.885 bits per heavy atom. The molecular weight excluding hydrogens is 326 g/mol. The minimum absolute atomic E-state index is 0.186. The molecule has 3 aromatic rings. The molecule has 132 valence electrons. The normalized spacial score (nSPS) is 10.5. The van der Waals surface area contributed by atoms with E-state index in [-0.39, 0.29) is 11.9 Å². The summed E-state index contributed by atoms with van der Waals surface area (Å²) in [6.45, 7) is 2.47. The smallest absolute Gasteiger partial charge is 0.338 e. The maximum atomic E-state index is 12.4. The molecular formula is C22H21NO3. The molecule has 26 heavy (non-hydrogen) atoms. The van der Waals surface area contributed by atoms with Crippen LogP contribution in [0.15, 0.2) is 66.7 Å². The molecule has 0 atom stereocenters. The number of ether oxygens (including phenoxy) is 1. The average Bonchev–Trinajstić information content (AvgIpc) is 2.68. The summed E-state index contributed by atoms with van der Waals surface area (Å²) in [5.41, 5.74) is 1.70. The number of amides is 1. The zero-order valence-electron chi connectivity index (χ0n) is 14.7. The molecule has 0 bridgehead atoms. The molecule has 0 saturated carbocycles. The lowest BCUT2D eigenvalue weighted by Crippen LogP contribution is -2.12. The van der Waals surface area contributed by atoms with Crippen molar-refractivity contribution in [3.63, 3.8) is 0 Å². The summed E-state index contributed by atoms with van der Waals surface area (Å²) in [4.78, 5) is 24.3. The molecule has 0 aliphatic rings. The Labute approximate surface area is 152 Å². The molecule has 1 N–H and O–H groups in total. The van der Waals surface area contributed by atoms with Gasteiger partial charge in [0.2, 0.25) is 0 Å². The van der Waals surface area contributed by atoms with Crippen LogP contribution < -0.4 is 5.32 Å². The Balaban J connectivity index is 1.66. The van der Waals surface area contributed by atoms with E-state index >= 15 is 0 Å². The summed E-state index contributed by atoms with van der Waals surface area (Å²) in [6, 6.07) is 20.2. The molecule has 0 heterocycles. The van der Waals surface area contributed by atoms with E-state index in [1.165, 1.54) is 0 Å². The van der Waals surface area contributed by atoms with Crippen molar-refractivity contribution >= 4 is 28.3 Å². The van der Waals surface area contributed by atoms with E-state index in [2.05, 4.69) is 5.32 Å². The number of fused-ring (bicyclic) bond motifs is 1. The van der Waals surface area contributed by atoms with Gasteiger partial charge in [-0.05, 0) is 53.6 Å². The van der Waals surface area contributed by atoms with E-state index in [0.29, 0.717) is 23.4 Å². The zero-order chi connectivity index (χ0) is 18.4. The molecule has 0 fully saturated rings. The van der Waals surface area contributed by atoms with Gasteiger partial charge in [0.25, 0.3) is 5.91 Å². The number of carbonyl (C=O) groups is 2. The monoisotopic (exact) mass is 347 g/mol. The zero-order valence-corrected chi connectivity index (χ0v) is 14.7. The molecule has 0 unspecified atom stereocenters. The largest absolute Gasteiger partial charge is 0.462 e. The number of benzene rings is 3. The fraction of sp³-hybridized carbons (Fsp3) is 0.182. The van der Waals surface area contributed by atoms with Crippen LogP contribution in [0.1, 0.15) is 40.5 Å². The first kappa shape index (κ1) is 17.7. The van der Waals surface area contributed by atoms with Gasteiger partial charge in [0.05, 0.1) is 12.2 Å². The van der Waals surface area contributed by atoms with Crippen molar-refractivity contribution in [2.75, 3.05) is 11.9 Å². The highest BCUT2D eigenvalue weighted by Crippen LogP contribution is 2.17. The van der Waals surface area contributed by atoms with E-state index < -0.39 is 0 Å². The average molecular weight is 347 g/mol. The minimum atomic E-state index is -0.342. The lowest BCUT2D eigenvalue weighted by atomic mass is 10.1. The fourth-order valence-electron chi connectivity index (χ4n) is 2.62. The Hall–Kier alpha value is -3.14. The Bertz CT molecular complexity index is 916. The highest BCUT2D eigenvalue weighted by molar-refractivity contribution is 6.06. The molecule has 0 radical (unpaired) electrons. The third-order valence-electron chi connectivity index (χ3n) is 4.12. The summed E-state index contributed by atoms with van der Waals surface area (Å²) in [7, 11) is 0. The van der Waals surface area contributed by atoms with Crippen molar-refractivity contribution in [3.8, 4) is 0 Å². The first-order valence-electron chi connectivity index (χ1n) is 8.74. The van der Waals surface area contributed by atoms with Crippen LogP contribution in [0.25, 0.3) is 10.8 Å². The summed E-state index contributed by atoms with van der Waals surface area (Å²) in [5, 5.41) is 4.96. The lowest BCUT2D eigenvalue weighted by Gasteiger charge is -2.08. The number of esters is 1. The fourth-order valence-corrected chi connectivity index (χ4v) is 2.62. The molecule has 3 rings (SSSR count). The quantitative estimate of drug-likeness (QED) is 0.501. The van der Waals surface area contributed by atoms with Crippen molar-refractivity contribution in [2.45, 2.75) is 19.8 Å². The van der Waals surface area contributed by atoms with E-state index in [9.17, 15) is 9.59 Å². The van der Waals surface area contributed by atoms with Crippen LogP contribution in [0.5, 0.6) is 0 Å². The van der Waals surface area contributed by atoms with Crippen molar-refractivity contribution in [1.29, 1.82) is 0 Å². The third-order valence-corrected chi connectivity index (χ3v) is 4.12. The topological polar surface area (TPSA) is 55.4 Å². The SMILES string of the molecule is CCCCOC(=O)c1ccc(NC(=O)c2ccc3ccccc3c2)cc1. The Morgan fingerprint density at radius 3 is 2.31 bits per heavy atom. The molecule has 0 spiro atoms. The second kappa shape index (κ2) is 8.30. The maximum Gasteiger partial charge on any atom is 0.338 e. The van der Waals surface area contributed by atoms with Gasteiger partial charge in [0.15, 0.2) is 0 Å². The van der Waals surface area contributed by atoms with Gasteiger partial charge >= 0.3 is 5.97 Å². The maximum absolute atomic E-state index is 12.4. The Kier molecular flexibility index (Phi) is 5.64. The van der Waals surface area contributed by atoms with Crippen molar-refractivity contribution in [1.82, 2.24) is 0 Å². The Morgan fingerprint density at radius 2 is 1.58 bits per heavy atom. The highest BCUT2D eigenvalue weighted by atomic mass is 16.5. The van der Waals surface area contributed by atoms with Crippen LogP contribution in [0.3, 0.4) is 0 Å². The number of anilines is 1. The van der Waals surface area contributed by atoms with E-state index in [1.807, 2.05) is 43.3 Å². The molecule has 4 heteroatoms. The number of carbonyl (C=O) groups excluding carboxylic acids is 2. The van der Waals surface area contributed by atoms with Crippen LogP contribution in [-0.2, 0) is 4.74 Å². The van der Waals surface area contributed by atoms with Crippen LogP contribution in [0.2, 0.25) is 0 Å². The second-order valence-electron chi connectivity index (χ2n) is 6.08. The van der Waals surface area contributed by atoms with Crippen molar-refractivity contribution in [3.05, 3.63) is 77.9 Å². The van der Waals surface area contributed by atoms with Gasteiger partial charge in [-0.15, -0.1) is 0 Å². The predicted molar refractivity (Wildman–Crippen MR) is 104 cm³/mol.